The lowest BCUT2D eigenvalue weighted by atomic mass is 10.3. The molecule has 1 aromatic rings. The minimum absolute atomic E-state index is 0.519. The van der Waals surface area contributed by atoms with Crippen LogP contribution in [0, 0.1) is 11.6 Å². The Hall–Kier alpha value is -1.16. The van der Waals surface area contributed by atoms with Crippen LogP contribution in [0.25, 0.3) is 0 Å². The molecule has 5 heteroatoms. The van der Waals surface area contributed by atoms with E-state index in [4.69, 9.17) is 11.6 Å². The summed E-state index contributed by atoms with van der Waals surface area (Å²) in [6, 6.07) is 3.20. The van der Waals surface area contributed by atoms with Crippen LogP contribution in [0.3, 0.4) is 0 Å². The van der Waals surface area contributed by atoms with Crippen LogP contribution in [0.4, 0.5) is 13.6 Å². The highest BCUT2D eigenvalue weighted by molar-refractivity contribution is 6.61. The van der Waals surface area contributed by atoms with Crippen molar-refractivity contribution in [2.75, 3.05) is 0 Å². The Kier molecular flexibility index (Phi) is 2.60. The average molecular weight is 193 g/mol. The van der Waals surface area contributed by atoms with Gasteiger partial charge >= 0.3 is 5.43 Å². The van der Waals surface area contributed by atoms with Crippen molar-refractivity contribution >= 4 is 17.0 Å². The lowest BCUT2D eigenvalue weighted by Crippen LogP contribution is -1.99. The zero-order valence-corrected chi connectivity index (χ0v) is 6.44. The van der Waals surface area contributed by atoms with Gasteiger partial charge in [0, 0.05) is 11.6 Å². The van der Waals surface area contributed by atoms with Crippen molar-refractivity contribution in [2.24, 2.45) is 0 Å². The van der Waals surface area contributed by atoms with Crippen LogP contribution in [0.1, 0.15) is 0 Å². The molecule has 0 aliphatic heterocycles. The van der Waals surface area contributed by atoms with Crippen molar-refractivity contribution in [1.82, 2.24) is 0 Å². The highest BCUT2D eigenvalue weighted by Crippen LogP contribution is 2.19. The van der Waals surface area contributed by atoms with E-state index in [1.807, 2.05) is 0 Å². The number of hydrogen-bond acceptors (Lipinski definition) is 2. The predicted molar refractivity (Wildman–Crippen MR) is 38.2 cm³/mol. The maximum absolute atomic E-state index is 12.7. The molecule has 0 spiro atoms. The number of ether oxygens (including phenoxy) is 1. The first-order valence-corrected chi connectivity index (χ1v) is 3.30. The molecule has 0 aliphatic carbocycles. The first-order chi connectivity index (χ1) is 5.61. The summed E-state index contributed by atoms with van der Waals surface area (Å²) in [4.78, 5) is 10.1. The van der Waals surface area contributed by atoms with Crippen LogP contribution >= 0.6 is 11.6 Å². The predicted octanol–water partition coefficient (Wildman–Crippen LogP) is 2.70. The molecule has 0 N–H and O–H groups in total. The summed E-state index contributed by atoms with van der Waals surface area (Å²) in [7, 11) is 0. The lowest BCUT2D eigenvalue weighted by Gasteiger charge is -2.00. The molecule has 12 heavy (non-hydrogen) atoms. The van der Waals surface area contributed by atoms with Crippen LogP contribution < -0.4 is 4.74 Å². The molecule has 0 aromatic heterocycles. The molecule has 0 fully saturated rings. The van der Waals surface area contributed by atoms with Crippen LogP contribution in [0.2, 0.25) is 0 Å². The van der Waals surface area contributed by atoms with E-state index in [2.05, 4.69) is 4.74 Å². The summed E-state index contributed by atoms with van der Waals surface area (Å²) >= 11 is 4.79. The SMILES string of the molecule is O=C(Cl)Oc1cccc(F)c1F. The molecule has 0 radical (unpaired) electrons. The Morgan fingerprint density at radius 1 is 1.42 bits per heavy atom. The van der Waals surface area contributed by atoms with Crippen molar-refractivity contribution in [3.05, 3.63) is 29.8 Å². The smallest absolute Gasteiger partial charge is 0.409 e. The summed E-state index contributed by atoms with van der Waals surface area (Å²) in [5.74, 6) is -2.84. The van der Waals surface area contributed by atoms with Crippen molar-refractivity contribution in [3.8, 4) is 5.75 Å². The maximum atomic E-state index is 12.7. The number of halogens is 3. The largest absolute Gasteiger partial charge is 0.411 e. The van der Waals surface area contributed by atoms with Gasteiger partial charge in [-0.3, -0.25) is 0 Å². The monoisotopic (exact) mass is 192 g/mol. The van der Waals surface area contributed by atoms with Gasteiger partial charge in [0.15, 0.2) is 11.6 Å². The zero-order chi connectivity index (χ0) is 9.14. The van der Waals surface area contributed by atoms with E-state index in [-0.39, 0.29) is 0 Å². The minimum Gasteiger partial charge on any atom is -0.411 e. The van der Waals surface area contributed by atoms with Gasteiger partial charge in [-0.2, -0.15) is 4.39 Å². The van der Waals surface area contributed by atoms with Crippen LogP contribution in [0.5, 0.6) is 5.75 Å². The fourth-order valence-electron chi connectivity index (χ4n) is 0.649. The van der Waals surface area contributed by atoms with Gasteiger partial charge in [0.1, 0.15) is 0 Å². The van der Waals surface area contributed by atoms with Gasteiger partial charge in [0.2, 0.25) is 5.82 Å². The molecule has 0 heterocycles. The van der Waals surface area contributed by atoms with Gasteiger partial charge < -0.3 is 4.74 Å². The molecule has 0 unspecified atom stereocenters. The van der Waals surface area contributed by atoms with Gasteiger partial charge in [-0.1, -0.05) is 6.07 Å². The fraction of sp³-hybridized carbons (Fsp3) is 0. The molecule has 0 saturated carbocycles. The summed E-state index contributed by atoms with van der Waals surface area (Å²) in [5, 5.41) is 0. The summed E-state index contributed by atoms with van der Waals surface area (Å²) in [6.45, 7) is 0. The van der Waals surface area contributed by atoms with E-state index >= 15 is 0 Å². The molecular weight excluding hydrogens is 190 g/mol. The second kappa shape index (κ2) is 3.49. The minimum atomic E-state index is -1.23. The Morgan fingerprint density at radius 2 is 2.08 bits per heavy atom. The number of carbonyl (C=O) groups excluding carboxylic acids is 1. The second-order valence-electron chi connectivity index (χ2n) is 1.89. The van der Waals surface area contributed by atoms with Gasteiger partial charge in [0.25, 0.3) is 0 Å². The quantitative estimate of drug-likeness (QED) is 0.640. The summed E-state index contributed by atoms with van der Waals surface area (Å²) in [6.07, 6.45) is 0. The molecule has 64 valence electrons. The third-order valence-corrected chi connectivity index (χ3v) is 1.18. The first-order valence-electron chi connectivity index (χ1n) is 2.92. The van der Waals surface area contributed by atoms with E-state index in [0.717, 1.165) is 12.1 Å². The Bertz CT molecular complexity index is 314. The first kappa shape index (κ1) is 8.93. The summed E-state index contributed by atoms with van der Waals surface area (Å²) in [5.41, 5.74) is -1.21. The van der Waals surface area contributed by atoms with E-state index in [0.29, 0.717) is 0 Å². The molecule has 0 amide bonds. The van der Waals surface area contributed by atoms with Gasteiger partial charge in [-0.25, -0.2) is 9.18 Å². The molecule has 0 bridgehead atoms. The number of carbonyl (C=O) groups is 1. The Labute approximate surface area is 71.7 Å². The molecule has 1 aromatic carbocycles. The molecular formula is C7H3ClF2O2. The highest BCUT2D eigenvalue weighted by Gasteiger charge is 2.10. The highest BCUT2D eigenvalue weighted by atomic mass is 35.5. The fourth-order valence-corrected chi connectivity index (χ4v) is 0.732. The van der Waals surface area contributed by atoms with Gasteiger partial charge in [-0.05, 0) is 12.1 Å². The molecule has 0 atom stereocenters. The van der Waals surface area contributed by atoms with Gasteiger partial charge in [0.05, 0.1) is 0 Å². The Balaban J connectivity index is 3.00. The lowest BCUT2D eigenvalue weighted by molar-refractivity contribution is 0.223. The standard InChI is InChI=1S/C7H3ClF2O2/c8-7(11)12-5-3-1-2-4(9)6(5)10/h1-3H. The van der Waals surface area contributed by atoms with Crippen molar-refractivity contribution < 1.29 is 18.3 Å². The second-order valence-corrected chi connectivity index (χ2v) is 2.20. The van der Waals surface area contributed by atoms with E-state index in [1.165, 1.54) is 6.07 Å². The average Bonchev–Trinajstić information content (AvgIpc) is 1.98. The summed E-state index contributed by atoms with van der Waals surface area (Å²) < 4.78 is 29.2. The number of benzene rings is 1. The number of hydrogen-bond donors (Lipinski definition) is 0. The van der Waals surface area contributed by atoms with Crippen molar-refractivity contribution in [1.29, 1.82) is 0 Å². The van der Waals surface area contributed by atoms with E-state index in [9.17, 15) is 13.6 Å². The number of rotatable bonds is 1. The van der Waals surface area contributed by atoms with Crippen LogP contribution in [-0.4, -0.2) is 5.43 Å². The van der Waals surface area contributed by atoms with Crippen molar-refractivity contribution in [2.45, 2.75) is 0 Å². The maximum Gasteiger partial charge on any atom is 0.409 e. The molecule has 2 nitrogen and oxygen atoms in total. The third-order valence-electron chi connectivity index (χ3n) is 1.11. The van der Waals surface area contributed by atoms with Crippen LogP contribution in [-0.2, 0) is 0 Å². The van der Waals surface area contributed by atoms with Gasteiger partial charge in [-0.15, -0.1) is 0 Å². The van der Waals surface area contributed by atoms with Crippen molar-refractivity contribution in [3.63, 3.8) is 0 Å². The molecule has 0 saturated heterocycles. The topological polar surface area (TPSA) is 26.3 Å². The van der Waals surface area contributed by atoms with Crippen LogP contribution in [0.15, 0.2) is 18.2 Å². The zero-order valence-electron chi connectivity index (χ0n) is 5.68. The Morgan fingerprint density at radius 3 is 2.67 bits per heavy atom. The normalized spacial score (nSPS) is 9.58. The van der Waals surface area contributed by atoms with E-state index < -0.39 is 22.8 Å². The third kappa shape index (κ3) is 1.92. The van der Waals surface area contributed by atoms with E-state index in [1.54, 1.807) is 0 Å². The molecule has 1 rings (SSSR count). The molecule has 0 aliphatic rings.